The highest BCUT2D eigenvalue weighted by Crippen LogP contribution is 2.30. The minimum Gasteiger partial charge on any atom is -0.322 e. The predicted molar refractivity (Wildman–Crippen MR) is 129 cm³/mol. The molecule has 6 nitrogen and oxygen atoms in total. The van der Waals surface area contributed by atoms with Gasteiger partial charge in [0.2, 0.25) is 10.0 Å². The summed E-state index contributed by atoms with van der Waals surface area (Å²) in [6.45, 7) is 0.458. The summed E-state index contributed by atoms with van der Waals surface area (Å²) in [5.74, 6) is -0.163. The zero-order chi connectivity index (χ0) is 22.7. The number of hydrogen-bond donors (Lipinski definition) is 1. The van der Waals surface area contributed by atoms with Crippen LogP contribution in [0.2, 0.25) is 10.0 Å². The highest BCUT2D eigenvalue weighted by Gasteiger charge is 2.24. The van der Waals surface area contributed by atoms with Gasteiger partial charge in [-0.1, -0.05) is 29.6 Å². The fourth-order valence-corrected chi connectivity index (χ4v) is 5.54. The fraction of sp³-hybridized carbons (Fsp3) is 0.217. The van der Waals surface area contributed by atoms with Crippen molar-refractivity contribution in [3.63, 3.8) is 0 Å². The van der Waals surface area contributed by atoms with E-state index in [1.807, 2.05) is 0 Å². The zero-order valence-electron chi connectivity index (χ0n) is 17.1. The van der Waals surface area contributed by atoms with Crippen molar-refractivity contribution < 1.29 is 13.2 Å². The van der Waals surface area contributed by atoms with Gasteiger partial charge in [-0.25, -0.2) is 8.42 Å². The Labute approximate surface area is 197 Å². The summed E-state index contributed by atoms with van der Waals surface area (Å²) in [5, 5.41) is 3.87. The molecule has 2 aromatic carbocycles. The summed E-state index contributed by atoms with van der Waals surface area (Å²) in [4.78, 5) is 17.0. The third-order valence-corrected chi connectivity index (χ3v) is 7.67. The maximum atomic E-state index is 12.8. The first-order chi connectivity index (χ1) is 15.3. The number of nitrogens with zero attached hydrogens (tertiary/aromatic N) is 2. The van der Waals surface area contributed by atoms with Crippen LogP contribution in [0.4, 0.5) is 11.4 Å². The van der Waals surface area contributed by atoms with E-state index in [4.69, 9.17) is 23.2 Å². The lowest BCUT2D eigenvalue weighted by molar-refractivity contribution is 0.102. The van der Waals surface area contributed by atoms with E-state index in [-0.39, 0.29) is 11.7 Å². The summed E-state index contributed by atoms with van der Waals surface area (Å²) in [6.07, 6.45) is 3.92. The molecular formula is C23H21Cl2N3O3S. The molecule has 3 aromatic rings. The van der Waals surface area contributed by atoms with Gasteiger partial charge in [0.25, 0.3) is 5.91 Å². The van der Waals surface area contributed by atoms with Crippen LogP contribution in [0.15, 0.2) is 60.8 Å². The normalized spacial score (nSPS) is 15.8. The van der Waals surface area contributed by atoms with Crippen molar-refractivity contribution in [3.8, 4) is 11.3 Å². The van der Waals surface area contributed by atoms with Crippen molar-refractivity contribution in [2.45, 2.75) is 19.3 Å². The Kier molecular flexibility index (Phi) is 6.69. The van der Waals surface area contributed by atoms with E-state index >= 15 is 0 Å². The summed E-state index contributed by atoms with van der Waals surface area (Å²) in [5.41, 5.74) is 2.86. The van der Waals surface area contributed by atoms with E-state index in [0.717, 1.165) is 12.8 Å². The monoisotopic (exact) mass is 489 g/mol. The summed E-state index contributed by atoms with van der Waals surface area (Å²) >= 11 is 12.2. The van der Waals surface area contributed by atoms with E-state index in [0.29, 0.717) is 51.2 Å². The van der Waals surface area contributed by atoms with E-state index in [9.17, 15) is 13.2 Å². The quantitative estimate of drug-likeness (QED) is 0.514. The third kappa shape index (κ3) is 5.06. The number of benzene rings is 2. The van der Waals surface area contributed by atoms with Gasteiger partial charge in [-0.05, 0) is 67.4 Å². The highest BCUT2D eigenvalue weighted by atomic mass is 35.5. The number of carbonyl (C=O) groups is 1. The summed E-state index contributed by atoms with van der Waals surface area (Å²) in [7, 11) is -3.33. The van der Waals surface area contributed by atoms with Crippen LogP contribution >= 0.6 is 23.2 Å². The number of halogens is 2. The van der Waals surface area contributed by atoms with Gasteiger partial charge in [-0.2, -0.15) is 0 Å². The van der Waals surface area contributed by atoms with E-state index < -0.39 is 10.0 Å². The topological polar surface area (TPSA) is 79.4 Å². The zero-order valence-corrected chi connectivity index (χ0v) is 19.4. The second-order valence-corrected chi connectivity index (χ2v) is 10.4. The molecule has 1 saturated heterocycles. The van der Waals surface area contributed by atoms with Crippen molar-refractivity contribution in [1.29, 1.82) is 0 Å². The van der Waals surface area contributed by atoms with Gasteiger partial charge in [0.05, 0.1) is 27.2 Å². The molecule has 0 spiro atoms. The number of hydrogen-bond acceptors (Lipinski definition) is 4. The minimum atomic E-state index is -3.33. The number of sulfonamides is 1. The van der Waals surface area contributed by atoms with Crippen LogP contribution in [-0.4, -0.2) is 31.6 Å². The standard InChI is InChI=1S/C23H21Cl2N3O3S/c24-17-6-11-22(26-15-17)20-14-18(7-10-21(20)25)27-23(29)16-4-8-19(9-5-16)28-12-2-1-3-13-32(28,30)31/h4-11,14-15H,1-3,12-13H2,(H,27,29). The van der Waals surface area contributed by atoms with Crippen molar-refractivity contribution in [2.24, 2.45) is 0 Å². The average Bonchev–Trinajstić information content (AvgIpc) is 2.96. The number of amides is 1. The van der Waals surface area contributed by atoms with Crippen LogP contribution < -0.4 is 9.62 Å². The van der Waals surface area contributed by atoms with Crippen LogP contribution in [0.5, 0.6) is 0 Å². The first-order valence-electron chi connectivity index (χ1n) is 10.2. The number of rotatable bonds is 4. The van der Waals surface area contributed by atoms with E-state index in [2.05, 4.69) is 10.3 Å². The molecule has 1 aliphatic rings. The molecule has 0 saturated carbocycles. The van der Waals surface area contributed by atoms with Crippen molar-refractivity contribution in [2.75, 3.05) is 21.9 Å². The summed E-state index contributed by atoms with van der Waals surface area (Å²) < 4.78 is 26.4. The Balaban J connectivity index is 1.52. The number of carbonyl (C=O) groups excluding carboxylic acids is 1. The molecular weight excluding hydrogens is 469 g/mol. The molecule has 0 unspecified atom stereocenters. The number of aromatic nitrogens is 1. The van der Waals surface area contributed by atoms with Crippen LogP contribution in [-0.2, 0) is 10.0 Å². The molecule has 166 valence electrons. The Morgan fingerprint density at radius 2 is 1.75 bits per heavy atom. The largest absolute Gasteiger partial charge is 0.322 e. The number of nitrogens with one attached hydrogen (secondary N) is 1. The predicted octanol–water partition coefficient (Wildman–Crippen LogP) is 5.63. The van der Waals surface area contributed by atoms with Crippen molar-refractivity contribution >= 4 is 50.5 Å². The molecule has 0 bridgehead atoms. The van der Waals surface area contributed by atoms with Crippen LogP contribution in [0.3, 0.4) is 0 Å². The maximum absolute atomic E-state index is 12.8. The van der Waals surface area contributed by atoms with Gasteiger partial charge < -0.3 is 5.32 Å². The second-order valence-electron chi connectivity index (χ2n) is 7.51. The second kappa shape index (κ2) is 9.48. The highest BCUT2D eigenvalue weighted by molar-refractivity contribution is 7.92. The molecule has 9 heteroatoms. The minimum absolute atomic E-state index is 0.149. The first-order valence-corrected chi connectivity index (χ1v) is 12.5. The molecule has 0 atom stereocenters. The van der Waals surface area contributed by atoms with Crippen molar-refractivity contribution in [1.82, 2.24) is 4.98 Å². The van der Waals surface area contributed by atoms with Crippen LogP contribution in [0.25, 0.3) is 11.3 Å². The third-order valence-electron chi connectivity index (χ3n) is 5.24. The van der Waals surface area contributed by atoms with E-state index in [1.54, 1.807) is 54.6 Å². The fourth-order valence-electron chi connectivity index (χ4n) is 3.57. The van der Waals surface area contributed by atoms with Gasteiger partial charge in [-0.3, -0.25) is 14.1 Å². The molecule has 1 amide bonds. The SMILES string of the molecule is O=C(Nc1ccc(Cl)c(-c2ccc(Cl)cn2)c1)c1ccc(N2CCCCCS2(=O)=O)cc1. The Morgan fingerprint density at radius 3 is 2.47 bits per heavy atom. The molecule has 1 N–H and O–H groups in total. The Morgan fingerprint density at radius 1 is 0.969 bits per heavy atom. The van der Waals surface area contributed by atoms with Gasteiger partial charge in [0, 0.05) is 29.6 Å². The molecule has 2 heterocycles. The number of pyridine rings is 1. The summed E-state index contributed by atoms with van der Waals surface area (Å²) in [6, 6.07) is 15.2. The Hall–Kier alpha value is -2.61. The van der Waals surface area contributed by atoms with Crippen molar-refractivity contribution in [3.05, 3.63) is 76.4 Å². The lowest BCUT2D eigenvalue weighted by Crippen LogP contribution is -2.32. The lowest BCUT2D eigenvalue weighted by atomic mass is 10.1. The average molecular weight is 490 g/mol. The molecule has 1 aliphatic heterocycles. The smallest absolute Gasteiger partial charge is 0.255 e. The molecule has 32 heavy (non-hydrogen) atoms. The molecule has 0 radical (unpaired) electrons. The van der Waals surface area contributed by atoms with Crippen LogP contribution in [0, 0.1) is 0 Å². The molecule has 1 aromatic heterocycles. The molecule has 4 rings (SSSR count). The molecule has 1 fully saturated rings. The lowest BCUT2D eigenvalue weighted by Gasteiger charge is -2.22. The maximum Gasteiger partial charge on any atom is 0.255 e. The van der Waals surface area contributed by atoms with Gasteiger partial charge in [0.1, 0.15) is 0 Å². The Bertz CT molecular complexity index is 1230. The van der Waals surface area contributed by atoms with E-state index in [1.165, 1.54) is 10.5 Å². The van der Waals surface area contributed by atoms with Crippen LogP contribution in [0.1, 0.15) is 29.6 Å². The van der Waals surface area contributed by atoms with Gasteiger partial charge >= 0.3 is 0 Å². The number of anilines is 2. The van der Waals surface area contributed by atoms with Gasteiger partial charge in [0.15, 0.2) is 0 Å². The van der Waals surface area contributed by atoms with Gasteiger partial charge in [-0.15, -0.1) is 0 Å². The molecule has 0 aliphatic carbocycles. The first kappa shape index (κ1) is 22.6.